The Morgan fingerprint density at radius 1 is 1.05 bits per heavy atom. The Balaban J connectivity index is 1.84. The van der Waals surface area contributed by atoms with E-state index < -0.39 is 11.8 Å². The van der Waals surface area contributed by atoms with Gasteiger partial charge in [0, 0.05) is 6.20 Å². The smallest absolute Gasteiger partial charge is 0.309 e. The molecule has 0 fully saturated rings. The van der Waals surface area contributed by atoms with Crippen LogP contribution in [0.25, 0.3) is 0 Å². The van der Waals surface area contributed by atoms with Crippen LogP contribution < -0.4 is 10.6 Å². The molecule has 2 amide bonds. The third-order valence-electron chi connectivity index (χ3n) is 3.01. The highest BCUT2D eigenvalue weighted by molar-refractivity contribution is 6.35. The molecule has 108 valence electrons. The van der Waals surface area contributed by atoms with Crippen LogP contribution in [-0.4, -0.2) is 16.8 Å². The predicted octanol–water partition coefficient (Wildman–Crippen LogP) is 1.58. The molecule has 0 unspecified atom stereocenters. The highest BCUT2D eigenvalue weighted by Gasteiger charge is 2.16. The average molecular weight is 283 g/mol. The molecule has 0 bridgehead atoms. The van der Waals surface area contributed by atoms with E-state index in [9.17, 15) is 9.59 Å². The summed E-state index contributed by atoms with van der Waals surface area (Å²) in [5.41, 5.74) is 1.65. The van der Waals surface area contributed by atoms with Gasteiger partial charge in [0.05, 0.1) is 18.3 Å². The molecular weight excluding hydrogens is 266 g/mol. The highest BCUT2D eigenvalue weighted by Crippen LogP contribution is 2.10. The molecule has 0 aliphatic carbocycles. The van der Waals surface area contributed by atoms with Crippen molar-refractivity contribution in [1.29, 1.82) is 0 Å². The van der Waals surface area contributed by atoms with Crippen molar-refractivity contribution in [1.82, 2.24) is 15.6 Å². The van der Waals surface area contributed by atoms with Crippen LogP contribution in [0.3, 0.4) is 0 Å². The quantitative estimate of drug-likeness (QED) is 0.837. The number of hydrogen-bond donors (Lipinski definition) is 2. The Morgan fingerprint density at radius 2 is 1.76 bits per heavy atom. The summed E-state index contributed by atoms with van der Waals surface area (Å²) in [5, 5.41) is 5.20. The lowest BCUT2D eigenvalue weighted by atomic mass is 10.1. The molecular formula is C16H17N3O2. The number of nitrogens with zero attached hydrogens (tertiary/aromatic N) is 1. The predicted molar refractivity (Wildman–Crippen MR) is 79.1 cm³/mol. The van der Waals surface area contributed by atoms with Crippen molar-refractivity contribution in [3.8, 4) is 0 Å². The van der Waals surface area contributed by atoms with Crippen LogP contribution >= 0.6 is 0 Å². The van der Waals surface area contributed by atoms with Crippen LogP contribution in [0.1, 0.15) is 24.2 Å². The monoisotopic (exact) mass is 283 g/mol. The molecule has 0 saturated carbocycles. The zero-order valence-electron chi connectivity index (χ0n) is 11.7. The maximum Gasteiger partial charge on any atom is 0.309 e. The first-order valence-electron chi connectivity index (χ1n) is 6.70. The number of amides is 2. The SMILES string of the molecule is C[C@H](NC(=O)C(=O)NCc1ccccn1)c1ccccc1. The summed E-state index contributed by atoms with van der Waals surface area (Å²) >= 11 is 0. The number of benzene rings is 1. The summed E-state index contributed by atoms with van der Waals surface area (Å²) in [6, 6.07) is 14.7. The van der Waals surface area contributed by atoms with Crippen molar-refractivity contribution in [2.45, 2.75) is 19.5 Å². The van der Waals surface area contributed by atoms with Crippen LogP contribution in [0, 0.1) is 0 Å². The topological polar surface area (TPSA) is 71.1 Å². The number of rotatable bonds is 4. The van der Waals surface area contributed by atoms with Crippen LogP contribution in [-0.2, 0) is 16.1 Å². The summed E-state index contributed by atoms with van der Waals surface area (Å²) in [6.07, 6.45) is 1.64. The fraction of sp³-hybridized carbons (Fsp3) is 0.188. The van der Waals surface area contributed by atoms with Gasteiger partial charge in [-0.2, -0.15) is 0 Å². The maximum atomic E-state index is 11.8. The molecule has 0 spiro atoms. The number of pyridine rings is 1. The van der Waals surface area contributed by atoms with Gasteiger partial charge in [-0.1, -0.05) is 36.4 Å². The molecule has 5 heteroatoms. The Morgan fingerprint density at radius 3 is 2.43 bits per heavy atom. The third kappa shape index (κ3) is 4.42. The van der Waals surface area contributed by atoms with Gasteiger partial charge in [0.15, 0.2) is 0 Å². The first kappa shape index (κ1) is 14.7. The maximum absolute atomic E-state index is 11.8. The summed E-state index contributed by atoms with van der Waals surface area (Å²) in [4.78, 5) is 27.6. The molecule has 0 saturated heterocycles. The molecule has 21 heavy (non-hydrogen) atoms. The Kier molecular flexibility index (Phi) is 5.04. The summed E-state index contributed by atoms with van der Waals surface area (Å²) in [6.45, 7) is 2.06. The van der Waals surface area contributed by atoms with Crippen molar-refractivity contribution < 1.29 is 9.59 Å². The van der Waals surface area contributed by atoms with Crippen LogP contribution in [0.5, 0.6) is 0 Å². The largest absolute Gasteiger partial charge is 0.342 e. The zero-order valence-corrected chi connectivity index (χ0v) is 11.7. The molecule has 2 N–H and O–H groups in total. The van der Waals surface area contributed by atoms with Gasteiger partial charge in [0.25, 0.3) is 0 Å². The van der Waals surface area contributed by atoms with Crippen molar-refractivity contribution in [3.63, 3.8) is 0 Å². The van der Waals surface area contributed by atoms with E-state index in [1.54, 1.807) is 18.3 Å². The van der Waals surface area contributed by atoms with Gasteiger partial charge in [-0.25, -0.2) is 0 Å². The van der Waals surface area contributed by atoms with Gasteiger partial charge in [-0.15, -0.1) is 0 Å². The number of carbonyl (C=O) groups is 2. The van der Waals surface area contributed by atoms with Gasteiger partial charge >= 0.3 is 11.8 Å². The van der Waals surface area contributed by atoms with E-state index in [0.29, 0.717) is 5.69 Å². The van der Waals surface area contributed by atoms with Gasteiger partial charge in [-0.3, -0.25) is 14.6 Å². The molecule has 2 rings (SSSR count). The van der Waals surface area contributed by atoms with Crippen LogP contribution in [0.2, 0.25) is 0 Å². The Labute approximate surface area is 123 Å². The molecule has 0 aliphatic rings. The number of hydrogen-bond acceptors (Lipinski definition) is 3. The summed E-state index contributed by atoms with van der Waals surface area (Å²) in [7, 11) is 0. The fourth-order valence-corrected chi connectivity index (χ4v) is 1.84. The standard InChI is InChI=1S/C16H17N3O2/c1-12(13-7-3-2-4-8-13)19-16(21)15(20)18-11-14-9-5-6-10-17-14/h2-10,12H,11H2,1H3,(H,18,20)(H,19,21)/t12-/m0/s1. The van der Waals surface area contributed by atoms with Crippen LogP contribution in [0.4, 0.5) is 0 Å². The molecule has 1 aromatic carbocycles. The molecule has 1 aromatic heterocycles. The average Bonchev–Trinajstić information content (AvgIpc) is 2.54. The van der Waals surface area contributed by atoms with E-state index in [2.05, 4.69) is 15.6 Å². The lowest BCUT2D eigenvalue weighted by Crippen LogP contribution is -2.40. The summed E-state index contributed by atoms with van der Waals surface area (Å²) < 4.78 is 0. The van der Waals surface area contributed by atoms with Crippen molar-refractivity contribution in [2.75, 3.05) is 0 Å². The molecule has 1 atom stereocenters. The van der Waals surface area contributed by atoms with Gasteiger partial charge < -0.3 is 10.6 Å². The minimum absolute atomic E-state index is 0.223. The Hall–Kier alpha value is -2.69. The van der Waals surface area contributed by atoms with E-state index in [4.69, 9.17) is 0 Å². The van der Waals surface area contributed by atoms with E-state index in [-0.39, 0.29) is 12.6 Å². The van der Waals surface area contributed by atoms with E-state index in [1.165, 1.54) is 0 Å². The van der Waals surface area contributed by atoms with Crippen LogP contribution in [0.15, 0.2) is 54.7 Å². The molecule has 2 aromatic rings. The van der Waals surface area contributed by atoms with Crippen molar-refractivity contribution >= 4 is 11.8 Å². The number of carbonyl (C=O) groups excluding carboxylic acids is 2. The van der Waals surface area contributed by atoms with Gasteiger partial charge in [-0.05, 0) is 24.6 Å². The van der Waals surface area contributed by atoms with Crippen molar-refractivity contribution in [2.24, 2.45) is 0 Å². The molecule has 5 nitrogen and oxygen atoms in total. The lowest BCUT2D eigenvalue weighted by Gasteiger charge is -2.13. The Bertz CT molecular complexity index is 599. The second kappa shape index (κ2) is 7.19. The van der Waals surface area contributed by atoms with Gasteiger partial charge in [0.1, 0.15) is 0 Å². The highest BCUT2D eigenvalue weighted by atomic mass is 16.2. The molecule has 1 heterocycles. The minimum Gasteiger partial charge on any atom is -0.342 e. The van der Waals surface area contributed by atoms with Crippen molar-refractivity contribution in [3.05, 3.63) is 66.0 Å². The normalized spacial score (nSPS) is 11.5. The van der Waals surface area contributed by atoms with Gasteiger partial charge in [0.2, 0.25) is 0 Å². The summed E-state index contributed by atoms with van der Waals surface area (Å²) in [5.74, 6) is -1.31. The second-order valence-corrected chi connectivity index (χ2v) is 4.61. The minimum atomic E-state index is -0.663. The first-order chi connectivity index (χ1) is 10.2. The third-order valence-corrected chi connectivity index (χ3v) is 3.01. The fourth-order valence-electron chi connectivity index (χ4n) is 1.84. The van der Waals surface area contributed by atoms with E-state index >= 15 is 0 Å². The lowest BCUT2D eigenvalue weighted by molar-refractivity contribution is -0.139. The second-order valence-electron chi connectivity index (χ2n) is 4.61. The molecule has 0 radical (unpaired) electrons. The van der Waals surface area contributed by atoms with E-state index in [0.717, 1.165) is 5.56 Å². The molecule has 0 aliphatic heterocycles. The first-order valence-corrected chi connectivity index (χ1v) is 6.70. The number of aromatic nitrogens is 1. The zero-order chi connectivity index (χ0) is 15.1. The number of nitrogens with one attached hydrogen (secondary N) is 2. The van der Waals surface area contributed by atoms with E-state index in [1.807, 2.05) is 43.3 Å².